The van der Waals surface area contributed by atoms with Crippen LogP contribution in [-0.4, -0.2) is 17.6 Å². The molecule has 4 heteroatoms. The summed E-state index contributed by atoms with van der Waals surface area (Å²) in [5.41, 5.74) is 1.74. The first-order chi connectivity index (χ1) is 6.09. The number of carboxylic acids is 1. The molecule has 0 spiro atoms. The molecule has 70 valence electrons. The van der Waals surface area contributed by atoms with Crippen LogP contribution >= 0.6 is 11.6 Å². The first-order valence-electron chi connectivity index (χ1n) is 3.81. The maximum absolute atomic E-state index is 10.3. The highest BCUT2D eigenvalue weighted by molar-refractivity contribution is 6.30. The van der Waals surface area contributed by atoms with E-state index in [1.165, 1.54) is 0 Å². The molecule has 0 saturated heterocycles. The predicted octanol–water partition coefficient (Wildman–Crippen LogP) is 2.14. The normalized spacial score (nSPS) is 9.69. The van der Waals surface area contributed by atoms with Gasteiger partial charge >= 0.3 is 5.97 Å². The molecule has 0 aliphatic carbocycles. The number of anilines is 1. The molecule has 1 aromatic carbocycles. The van der Waals surface area contributed by atoms with Crippen molar-refractivity contribution in [3.8, 4) is 0 Å². The van der Waals surface area contributed by atoms with E-state index < -0.39 is 5.97 Å². The molecule has 0 atom stereocenters. The van der Waals surface area contributed by atoms with Gasteiger partial charge in [-0.2, -0.15) is 0 Å². The summed E-state index contributed by atoms with van der Waals surface area (Å²) >= 11 is 5.74. The summed E-state index contributed by atoms with van der Waals surface area (Å²) in [7, 11) is 0. The third-order valence-corrected chi connectivity index (χ3v) is 1.86. The molecule has 13 heavy (non-hydrogen) atoms. The Balaban J connectivity index is 2.75. The van der Waals surface area contributed by atoms with E-state index in [1.807, 2.05) is 13.0 Å². The van der Waals surface area contributed by atoms with Crippen LogP contribution in [0, 0.1) is 6.92 Å². The molecule has 0 bridgehead atoms. The largest absolute Gasteiger partial charge is 0.480 e. The molecule has 0 saturated carbocycles. The Morgan fingerprint density at radius 1 is 1.62 bits per heavy atom. The second kappa shape index (κ2) is 4.14. The number of nitrogens with one attached hydrogen (secondary N) is 1. The third-order valence-electron chi connectivity index (χ3n) is 1.63. The van der Waals surface area contributed by atoms with Crippen LogP contribution in [0.4, 0.5) is 5.69 Å². The van der Waals surface area contributed by atoms with Crippen LogP contribution < -0.4 is 5.32 Å². The van der Waals surface area contributed by atoms with Gasteiger partial charge in [0.15, 0.2) is 0 Å². The Hall–Kier alpha value is -1.22. The van der Waals surface area contributed by atoms with Gasteiger partial charge < -0.3 is 10.4 Å². The number of carboxylic acid groups (broad SMARTS) is 1. The van der Waals surface area contributed by atoms with Gasteiger partial charge in [0.25, 0.3) is 0 Å². The SMILES string of the molecule is Cc1ccc(Cl)cc1NCC(=O)O. The van der Waals surface area contributed by atoms with Crippen molar-refractivity contribution < 1.29 is 9.90 Å². The van der Waals surface area contributed by atoms with Crippen molar-refractivity contribution in [2.24, 2.45) is 0 Å². The van der Waals surface area contributed by atoms with Crippen LogP contribution in [0.2, 0.25) is 5.02 Å². The number of halogens is 1. The lowest BCUT2D eigenvalue weighted by Crippen LogP contribution is -2.12. The van der Waals surface area contributed by atoms with E-state index in [2.05, 4.69) is 5.32 Å². The maximum Gasteiger partial charge on any atom is 0.322 e. The van der Waals surface area contributed by atoms with E-state index in [0.717, 1.165) is 11.3 Å². The highest BCUT2D eigenvalue weighted by atomic mass is 35.5. The molecule has 0 fully saturated rings. The van der Waals surface area contributed by atoms with Gasteiger partial charge in [0.1, 0.15) is 6.54 Å². The van der Waals surface area contributed by atoms with Crippen molar-refractivity contribution in [1.82, 2.24) is 0 Å². The van der Waals surface area contributed by atoms with Gasteiger partial charge in [-0.1, -0.05) is 17.7 Å². The summed E-state index contributed by atoms with van der Waals surface area (Å²) in [6, 6.07) is 5.31. The Kier molecular flexibility index (Phi) is 3.14. The van der Waals surface area contributed by atoms with Crippen LogP contribution in [-0.2, 0) is 4.79 Å². The molecule has 0 unspecified atom stereocenters. The second-order valence-corrected chi connectivity index (χ2v) is 3.14. The maximum atomic E-state index is 10.3. The number of aliphatic carboxylic acids is 1. The number of benzene rings is 1. The standard InChI is InChI=1S/C9H10ClNO2/c1-6-2-3-7(10)4-8(6)11-5-9(12)13/h2-4,11H,5H2,1H3,(H,12,13). The zero-order valence-corrected chi connectivity index (χ0v) is 7.93. The first-order valence-corrected chi connectivity index (χ1v) is 4.19. The monoisotopic (exact) mass is 199 g/mol. The predicted molar refractivity (Wildman–Crippen MR) is 52.3 cm³/mol. The van der Waals surface area contributed by atoms with E-state index >= 15 is 0 Å². The van der Waals surface area contributed by atoms with Crippen molar-refractivity contribution in [1.29, 1.82) is 0 Å². The summed E-state index contributed by atoms with van der Waals surface area (Å²) in [4.78, 5) is 10.3. The van der Waals surface area contributed by atoms with Gasteiger partial charge in [0, 0.05) is 10.7 Å². The van der Waals surface area contributed by atoms with Crippen LogP contribution in [0.15, 0.2) is 18.2 Å². The zero-order chi connectivity index (χ0) is 9.84. The summed E-state index contributed by atoms with van der Waals surface area (Å²) in [5.74, 6) is -0.889. The van der Waals surface area contributed by atoms with Gasteiger partial charge in [-0.15, -0.1) is 0 Å². The number of rotatable bonds is 3. The molecular formula is C9H10ClNO2. The van der Waals surface area contributed by atoms with Crippen molar-refractivity contribution in [2.45, 2.75) is 6.92 Å². The smallest absolute Gasteiger partial charge is 0.322 e. The third kappa shape index (κ3) is 2.95. The van der Waals surface area contributed by atoms with Gasteiger partial charge in [-0.25, -0.2) is 0 Å². The average molecular weight is 200 g/mol. The van der Waals surface area contributed by atoms with E-state index in [9.17, 15) is 4.79 Å². The summed E-state index contributed by atoms with van der Waals surface area (Å²) in [5, 5.41) is 11.8. The van der Waals surface area contributed by atoms with Crippen LogP contribution in [0.3, 0.4) is 0 Å². The first kappa shape index (κ1) is 9.86. The Labute approximate surface area is 81.3 Å². The van der Waals surface area contributed by atoms with Gasteiger partial charge in [0.05, 0.1) is 0 Å². The van der Waals surface area contributed by atoms with Crippen LogP contribution in [0.25, 0.3) is 0 Å². The van der Waals surface area contributed by atoms with Gasteiger partial charge in [-0.3, -0.25) is 4.79 Å². The molecule has 0 aliphatic rings. The van der Waals surface area contributed by atoms with Crippen molar-refractivity contribution in [3.63, 3.8) is 0 Å². The van der Waals surface area contributed by atoms with Crippen LogP contribution in [0.1, 0.15) is 5.56 Å². The van der Waals surface area contributed by atoms with Crippen molar-refractivity contribution in [3.05, 3.63) is 28.8 Å². The Morgan fingerprint density at radius 2 is 2.31 bits per heavy atom. The molecule has 0 aliphatic heterocycles. The average Bonchev–Trinajstić information content (AvgIpc) is 2.06. The minimum atomic E-state index is -0.889. The van der Waals surface area contributed by atoms with E-state index in [0.29, 0.717) is 5.02 Å². The summed E-state index contributed by atoms with van der Waals surface area (Å²) in [6.45, 7) is 1.79. The zero-order valence-electron chi connectivity index (χ0n) is 7.17. The fraction of sp³-hybridized carbons (Fsp3) is 0.222. The lowest BCUT2D eigenvalue weighted by molar-refractivity contribution is -0.134. The lowest BCUT2D eigenvalue weighted by Gasteiger charge is -2.06. The lowest BCUT2D eigenvalue weighted by atomic mass is 10.2. The fourth-order valence-electron chi connectivity index (χ4n) is 0.956. The molecule has 0 aromatic heterocycles. The Morgan fingerprint density at radius 3 is 2.92 bits per heavy atom. The highest BCUT2D eigenvalue weighted by Gasteiger charge is 2.00. The number of hydrogen-bond acceptors (Lipinski definition) is 2. The van der Waals surface area contributed by atoms with Gasteiger partial charge in [-0.05, 0) is 24.6 Å². The topological polar surface area (TPSA) is 49.3 Å². The quantitative estimate of drug-likeness (QED) is 0.784. The molecular weight excluding hydrogens is 190 g/mol. The van der Waals surface area contributed by atoms with Crippen molar-refractivity contribution in [2.75, 3.05) is 11.9 Å². The van der Waals surface area contributed by atoms with Crippen LogP contribution in [0.5, 0.6) is 0 Å². The molecule has 1 aromatic rings. The second-order valence-electron chi connectivity index (χ2n) is 2.71. The minimum Gasteiger partial charge on any atom is -0.480 e. The Bertz CT molecular complexity index is 325. The summed E-state index contributed by atoms with van der Waals surface area (Å²) in [6.07, 6.45) is 0. The van der Waals surface area contributed by atoms with E-state index in [1.54, 1.807) is 12.1 Å². The number of hydrogen-bond donors (Lipinski definition) is 2. The molecule has 3 nitrogen and oxygen atoms in total. The molecule has 0 amide bonds. The van der Waals surface area contributed by atoms with E-state index in [4.69, 9.17) is 16.7 Å². The van der Waals surface area contributed by atoms with Gasteiger partial charge in [0.2, 0.25) is 0 Å². The molecule has 0 radical (unpaired) electrons. The molecule has 1 rings (SSSR count). The minimum absolute atomic E-state index is 0.0960. The molecule has 0 heterocycles. The summed E-state index contributed by atoms with van der Waals surface area (Å²) < 4.78 is 0. The van der Waals surface area contributed by atoms with Crippen molar-refractivity contribution >= 4 is 23.3 Å². The number of carbonyl (C=O) groups is 1. The number of aryl methyl sites for hydroxylation is 1. The molecule has 2 N–H and O–H groups in total. The fourth-order valence-corrected chi connectivity index (χ4v) is 1.13. The highest BCUT2D eigenvalue weighted by Crippen LogP contribution is 2.19. The van der Waals surface area contributed by atoms with E-state index in [-0.39, 0.29) is 6.54 Å².